The Labute approximate surface area is 251 Å². The zero-order valence-electron chi connectivity index (χ0n) is 25.1. The Balaban J connectivity index is 2.59. The number of aliphatic hydroxyl groups is 1. The molecule has 2 aliphatic rings. The van der Waals surface area contributed by atoms with Crippen LogP contribution in [-0.2, 0) is 80.9 Å². The van der Waals surface area contributed by atoms with Gasteiger partial charge in [-0.05, 0) is 0 Å². The van der Waals surface area contributed by atoms with Gasteiger partial charge in [0.05, 0.1) is 0 Å². The van der Waals surface area contributed by atoms with Crippen molar-refractivity contribution in [1.82, 2.24) is 0 Å². The van der Waals surface area contributed by atoms with Gasteiger partial charge in [0, 0.05) is 48.5 Å². The molecular formula is C26H36O18. The van der Waals surface area contributed by atoms with Gasteiger partial charge in [0.2, 0.25) is 0 Å². The summed E-state index contributed by atoms with van der Waals surface area (Å²) in [5, 5.41) is 11.0. The van der Waals surface area contributed by atoms with Gasteiger partial charge in [0.25, 0.3) is 0 Å². The summed E-state index contributed by atoms with van der Waals surface area (Å²) in [6.07, 6.45) is -16.3. The van der Waals surface area contributed by atoms with E-state index in [1.54, 1.807) is 0 Å². The molecule has 18 heteroatoms. The molecule has 10 atom stereocenters. The molecule has 0 radical (unpaired) electrons. The van der Waals surface area contributed by atoms with Crippen LogP contribution in [0.25, 0.3) is 0 Å². The van der Waals surface area contributed by atoms with Gasteiger partial charge in [0.15, 0.2) is 49.2 Å². The number of ether oxygens (including phenoxy) is 10. The minimum Gasteiger partial charge on any atom is -0.463 e. The number of carbonyl (C=O) groups is 7. The van der Waals surface area contributed by atoms with Crippen LogP contribution in [0.3, 0.4) is 0 Å². The number of hydrogen-bond acceptors (Lipinski definition) is 18. The fraction of sp³-hybridized carbons (Fsp3) is 0.731. The third-order valence-corrected chi connectivity index (χ3v) is 5.90. The molecule has 2 heterocycles. The van der Waals surface area contributed by atoms with E-state index in [-0.39, 0.29) is 0 Å². The van der Waals surface area contributed by atoms with Crippen LogP contribution in [0, 0.1) is 0 Å². The van der Waals surface area contributed by atoms with E-state index >= 15 is 0 Å². The van der Waals surface area contributed by atoms with Crippen LogP contribution in [-0.4, -0.2) is 122 Å². The summed E-state index contributed by atoms with van der Waals surface area (Å²) >= 11 is 0. The number of aliphatic hydroxyl groups excluding tert-OH is 1. The van der Waals surface area contributed by atoms with Crippen molar-refractivity contribution in [3.05, 3.63) is 0 Å². The van der Waals surface area contributed by atoms with Gasteiger partial charge >= 0.3 is 41.8 Å². The summed E-state index contributed by atoms with van der Waals surface area (Å²) in [5.74, 6) is -5.97. The lowest BCUT2D eigenvalue weighted by Crippen LogP contribution is -2.67. The largest absolute Gasteiger partial charge is 0.463 e. The van der Waals surface area contributed by atoms with E-state index in [1.807, 2.05) is 0 Å². The summed E-state index contributed by atoms with van der Waals surface area (Å²) in [7, 11) is 0. The monoisotopic (exact) mass is 636 g/mol. The lowest BCUT2D eigenvalue weighted by atomic mass is 9.96. The second-order valence-electron chi connectivity index (χ2n) is 9.68. The Morgan fingerprint density at radius 2 is 0.818 bits per heavy atom. The van der Waals surface area contributed by atoms with Gasteiger partial charge < -0.3 is 52.5 Å². The quantitative estimate of drug-likeness (QED) is 0.203. The third kappa shape index (κ3) is 10.7. The maximum absolute atomic E-state index is 12.1. The summed E-state index contributed by atoms with van der Waals surface area (Å²) in [6.45, 7) is 6.19. The fourth-order valence-corrected chi connectivity index (χ4v) is 4.49. The highest BCUT2D eigenvalue weighted by atomic mass is 16.8. The lowest BCUT2D eigenvalue weighted by Gasteiger charge is -2.47. The van der Waals surface area contributed by atoms with Crippen molar-refractivity contribution in [1.29, 1.82) is 0 Å². The molecule has 44 heavy (non-hydrogen) atoms. The first-order valence-electron chi connectivity index (χ1n) is 13.3. The Morgan fingerprint density at radius 1 is 0.477 bits per heavy atom. The van der Waals surface area contributed by atoms with Crippen molar-refractivity contribution in [3.63, 3.8) is 0 Å². The molecule has 248 valence electrons. The Bertz CT molecular complexity index is 1090. The molecule has 0 saturated carbocycles. The van der Waals surface area contributed by atoms with Gasteiger partial charge in [-0.1, -0.05) is 0 Å². The molecule has 18 nitrogen and oxygen atoms in total. The molecule has 0 aromatic rings. The molecule has 1 N–H and O–H groups in total. The number of hydrogen-bond donors (Lipinski definition) is 1. The molecule has 0 aromatic heterocycles. The van der Waals surface area contributed by atoms with E-state index in [9.17, 15) is 38.7 Å². The van der Waals surface area contributed by atoms with E-state index in [2.05, 4.69) is 0 Å². The van der Waals surface area contributed by atoms with Crippen LogP contribution in [0.5, 0.6) is 0 Å². The topological polar surface area (TPSA) is 232 Å². The molecule has 0 amide bonds. The minimum absolute atomic E-state index is 0.534. The van der Waals surface area contributed by atoms with E-state index in [1.165, 1.54) is 0 Å². The summed E-state index contributed by atoms with van der Waals surface area (Å²) in [5.41, 5.74) is 0. The Kier molecular flexibility index (Phi) is 13.4. The van der Waals surface area contributed by atoms with Crippen LogP contribution in [0.4, 0.5) is 0 Å². The van der Waals surface area contributed by atoms with E-state index in [0.717, 1.165) is 48.5 Å². The zero-order chi connectivity index (χ0) is 33.3. The fourth-order valence-electron chi connectivity index (χ4n) is 4.49. The molecule has 2 aliphatic heterocycles. The average Bonchev–Trinajstić information content (AvgIpc) is 2.87. The SMILES string of the molecule is CC(=O)OC[C@@H]1O[C@@H](O)[C@H](O[C@@H]2O[C@H](COC(C)=O)[C@@H](OC(C)=O)[C@H](OC(C)=O)[C@H]2OC(C)=O)[C@@H](OC(C)=O)[C@@H]1OC(C)=O. The van der Waals surface area contributed by atoms with Crippen molar-refractivity contribution in [3.8, 4) is 0 Å². The maximum atomic E-state index is 12.1. The van der Waals surface area contributed by atoms with Crippen molar-refractivity contribution in [2.45, 2.75) is 110 Å². The van der Waals surface area contributed by atoms with Crippen LogP contribution in [0.1, 0.15) is 48.5 Å². The lowest BCUT2D eigenvalue weighted by molar-refractivity contribution is -0.363. The standard InChI is InChI=1S/C26H36O18/c1-10(27)35-8-17-19(37-12(3)29)21(39-14(5)31)23(25(34)42-17)44-26-24(41-16(7)33)22(40-15(6)32)20(38-13(4)30)18(43-26)9-36-11(2)28/h17-26,34H,8-9H2,1-7H3/t17-,18+,19+,20+,21-,22-,23+,24+,25+,26-/m0/s1. The van der Waals surface area contributed by atoms with E-state index < -0.39 is 116 Å². The van der Waals surface area contributed by atoms with Gasteiger partial charge in [-0.15, -0.1) is 0 Å². The first-order chi connectivity index (χ1) is 20.5. The van der Waals surface area contributed by atoms with Gasteiger partial charge in [-0.2, -0.15) is 0 Å². The molecule has 0 aliphatic carbocycles. The summed E-state index contributed by atoms with van der Waals surface area (Å²) in [6, 6.07) is 0. The number of carbonyl (C=O) groups excluding carboxylic acids is 7. The normalized spacial score (nSPS) is 31.5. The van der Waals surface area contributed by atoms with Gasteiger partial charge in [-0.25, -0.2) is 0 Å². The zero-order valence-corrected chi connectivity index (χ0v) is 25.1. The maximum Gasteiger partial charge on any atom is 0.303 e. The molecular weight excluding hydrogens is 600 g/mol. The molecule has 2 saturated heterocycles. The number of esters is 7. The highest BCUT2D eigenvalue weighted by Crippen LogP contribution is 2.34. The van der Waals surface area contributed by atoms with Crippen molar-refractivity contribution < 1.29 is 86.0 Å². The van der Waals surface area contributed by atoms with Crippen molar-refractivity contribution in [2.75, 3.05) is 13.2 Å². The summed E-state index contributed by atoms with van der Waals surface area (Å²) < 4.78 is 53.9. The van der Waals surface area contributed by atoms with Crippen LogP contribution < -0.4 is 0 Å². The predicted octanol–water partition coefficient (Wildman–Crippen LogP) is -1.40. The van der Waals surface area contributed by atoms with Crippen LogP contribution >= 0.6 is 0 Å². The Morgan fingerprint density at radius 3 is 1.20 bits per heavy atom. The average molecular weight is 637 g/mol. The molecule has 2 fully saturated rings. The minimum atomic E-state index is -1.99. The highest BCUT2D eigenvalue weighted by molar-refractivity contribution is 5.69. The summed E-state index contributed by atoms with van der Waals surface area (Å²) in [4.78, 5) is 83.3. The number of rotatable bonds is 11. The molecule has 0 unspecified atom stereocenters. The van der Waals surface area contributed by atoms with E-state index in [0.29, 0.717) is 0 Å². The second-order valence-corrected chi connectivity index (χ2v) is 9.68. The highest BCUT2D eigenvalue weighted by Gasteiger charge is 2.57. The van der Waals surface area contributed by atoms with Crippen molar-refractivity contribution in [2.24, 2.45) is 0 Å². The Hall–Kier alpha value is -3.87. The van der Waals surface area contributed by atoms with Crippen LogP contribution in [0.2, 0.25) is 0 Å². The van der Waals surface area contributed by atoms with Gasteiger partial charge in [-0.3, -0.25) is 33.6 Å². The van der Waals surface area contributed by atoms with E-state index in [4.69, 9.17) is 47.4 Å². The first kappa shape index (κ1) is 36.3. The third-order valence-electron chi connectivity index (χ3n) is 5.90. The van der Waals surface area contributed by atoms with Crippen LogP contribution in [0.15, 0.2) is 0 Å². The smallest absolute Gasteiger partial charge is 0.303 e. The molecule has 0 aromatic carbocycles. The van der Waals surface area contributed by atoms with Crippen molar-refractivity contribution >= 4 is 41.8 Å². The predicted molar refractivity (Wildman–Crippen MR) is 135 cm³/mol. The second kappa shape index (κ2) is 16.3. The molecule has 2 rings (SSSR count). The first-order valence-corrected chi connectivity index (χ1v) is 13.3. The van der Waals surface area contributed by atoms with Gasteiger partial charge in [0.1, 0.15) is 25.4 Å². The molecule has 0 spiro atoms. The molecule has 0 bridgehead atoms.